The van der Waals surface area contributed by atoms with Gasteiger partial charge in [-0.25, -0.2) is 14.4 Å². The number of aromatic nitrogens is 3. The van der Waals surface area contributed by atoms with Crippen LogP contribution in [0.4, 0.5) is 4.39 Å². The van der Waals surface area contributed by atoms with E-state index in [2.05, 4.69) is 25.9 Å². The molecule has 0 radical (unpaired) electrons. The zero-order valence-corrected chi connectivity index (χ0v) is 13.6. The molecule has 21 heavy (non-hydrogen) atoms. The van der Waals surface area contributed by atoms with Crippen LogP contribution in [0, 0.1) is 12.7 Å². The molecule has 6 heteroatoms. The van der Waals surface area contributed by atoms with Gasteiger partial charge in [0, 0.05) is 23.0 Å². The van der Waals surface area contributed by atoms with Crippen molar-refractivity contribution in [1.29, 1.82) is 0 Å². The first kappa shape index (κ1) is 14.5. The number of imidazole rings is 1. The number of alkyl halides is 1. The quantitative estimate of drug-likeness (QED) is 0.641. The molecule has 0 saturated carbocycles. The van der Waals surface area contributed by atoms with E-state index < -0.39 is 0 Å². The SMILES string of the molecule is Cc1cnc2c(c1)nc(CCCl)n2-c1ccc(F)cc1Br. The molecule has 108 valence electrons. The van der Waals surface area contributed by atoms with E-state index in [0.717, 1.165) is 28.2 Å². The Hall–Kier alpha value is -1.46. The van der Waals surface area contributed by atoms with Gasteiger partial charge in [-0.3, -0.25) is 4.57 Å². The van der Waals surface area contributed by atoms with Crippen LogP contribution in [0.1, 0.15) is 11.4 Å². The number of benzene rings is 1. The zero-order chi connectivity index (χ0) is 15.0. The summed E-state index contributed by atoms with van der Waals surface area (Å²) in [7, 11) is 0. The lowest BCUT2D eigenvalue weighted by Gasteiger charge is -2.10. The highest BCUT2D eigenvalue weighted by Gasteiger charge is 2.15. The van der Waals surface area contributed by atoms with Crippen molar-refractivity contribution in [2.75, 3.05) is 5.88 Å². The lowest BCUT2D eigenvalue weighted by Crippen LogP contribution is -2.04. The van der Waals surface area contributed by atoms with Gasteiger partial charge in [0.25, 0.3) is 0 Å². The Morgan fingerprint density at radius 2 is 2.14 bits per heavy atom. The third kappa shape index (κ3) is 2.68. The number of hydrogen-bond acceptors (Lipinski definition) is 2. The molecule has 2 heterocycles. The lowest BCUT2D eigenvalue weighted by atomic mass is 10.3. The maximum absolute atomic E-state index is 13.3. The molecular formula is C15H12BrClFN3. The fourth-order valence-corrected chi connectivity index (χ4v) is 2.98. The molecule has 0 aliphatic heterocycles. The summed E-state index contributed by atoms with van der Waals surface area (Å²) < 4.78 is 15.9. The Morgan fingerprint density at radius 1 is 1.33 bits per heavy atom. The van der Waals surface area contributed by atoms with Gasteiger partial charge in [0.05, 0.1) is 5.69 Å². The highest BCUT2D eigenvalue weighted by molar-refractivity contribution is 9.10. The maximum Gasteiger partial charge on any atom is 0.164 e. The molecule has 3 nitrogen and oxygen atoms in total. The molecule has 2 aromatic heterocycles. The topological polar surface area (TPSA) is 30.7 Å². The Morgan fingerprint density at radius 3 is 2.86 bits per heavy atom. The van der Waals surface area contributed by atoms with Crippen LogP contribution in [0.2, 0.25) is 0 Å². The van der Waals surface area contributed by atoms with Crippen LogP contribution in [0.5, 0.6) is 0 Å². The third-order valence-corrected chi connectivity index (χ3v) is 4.00. The Bertz CT molecular complexity index is 816. The lowest BCUT2D eigenvalue weighted by molar-refractivity contribution is 0.626. The normalized spacial score (nSPS) is 11.2. The standard InChI is InChI=1S/C15H12BrClFN3/c1-9-6-12-15(19-8-9)21(14(20-12)4-5-17)13-3-2-10(18)7-11(13)16/h2-3,6-8H,4-5H2,1H3. The first-order valence-electron chi connectivity index (χ1n) is 6.45. The van der Waals surface area contributed by atoms with E-state index in [-0.39, 0.29) is 5.82 Å². The molecule has 0 fully saturated rings. The molecule has 0 aliphatic rings. The second-order valence-corrected chi connectivity index (χ2v) is 5.99. The van der Waals surface area contributed by atoms with Crippen molar-refractivity contribution in [2.45, 2.75) is 13.3 Å². The predicted molar refractivity (Wildman–Crippen MR) is 85.7 cm³/mol. The minimum atomic E-state index is -0.294. The first-order valence-corrected chi connectivity index (χ1v) is 7.78. The second kappa shape index (κ2) is 5.73. The van der Waals surface area contributed by atoms with E-state index in [0.29, 0.717) is 16.8 Å². The van der Waals surface area contributed by atoms with Crippen LogP contribution in [0.15, 0.2) is 34.9 Å². The number of rotatable bonds is 3. The van der Waals surface area contributed by atoms with Crippen LogP contribution in [0.25, 0.3) is 16.9 Å². The predicted octanol–water partition coefficient (Wildman–Crippen LogP) is 4.41. The first-order chi connectivity index (χ1) is 10.1. The number of halogens is 3. The zero-order valence-electron chi connectivity index (χ0n) is 11.3. The third-order valence-electron chi connectivity index (χ3n) is 3.17. The maximum atomic E-state index is 13.3. The number of nitrogens with zero attached hydrogens (tertiary/aromatic N) is 3. The molecular weight excluding hydrogens is 357 g/mol. The van der Waals surface area contributed by atoms with Crippen molar-refractivity contribution in [3.05, 3.63) is 52.1 Å². The summed E-state index contributed by atoms with van der Waals surface area (Å²) in [5.74, 6) is 0.976. The second-order valence-electron chi connectivity index (χ2n) is 4.75. The van der Waals surface area contributed by atoms with E-state index in [1.807, 2.05) is 17.6 Å². The summed E-state index contributed by atoms with van der Waals surface area (Å²) in [6, 6.07) is 6.54. The molecule has 0 spiro atoms. The van der Waals surface area contributed by atoms with Crippen molar-refractivity contribution in [3.8, 4) is 5.69 Å². The summed E-state index contributed by atoms with van der Waals surface area (Å²) in [5.41, 5.74) is 3.40. The van der Waals surface area contributed by atoms with Gasteiger partial charge in [0.2, 0.25) is 0 Å². The average molecular weight is 369 g/mol. The van der Waals surface area contributed by atoms with Gasteiger partial charge in [-0.05, 0) is 52.7 Å². The van der Waals surface area contributed by atoms with Gasteiger partial charge in [0.1, 0.15) is 17.2 Å². The summed E-state index contributed by atoms with van der Waals surface area (Å²) in [4.78, 5) is 9.07. The summed E-state index contributed by atoms with van der Waals surface area (Å²) in [6.07, 6.45) is 2.41. The van der Waals surface area contributed by atoms with Crippen LogP contribution in [0.3, 0.4) is 0 Å². The van der Waals surface area contributed by atoms with E-state index >= 15 is 0 Å². The van der Waals surface area contributed by atoms with Crippen LogP contribution >= 0.6 is 27.5 Å². The van der Waals surface area contributed by atoms with E-state index in [4.69, 9.17) is 11.6 Å². The fourth-order valence-electron chi connectivity index (χ4n) is 2.28. The number of pyridine rings is 1. The average Bonchev–Trinajstić information content (AvgIpc) is 2.76. The van der Waals surface area contributed by atoms with Crippen LogP contribution < -0.4 is 0 Å². The van der Waals surface area contributed by atoms with Gasteiger partial charge >= 0.3 is 0 Å². The fraction of sp³-hybridized carbons (Fsp3) is 0.200. The molecule has 0 N–H and O–H groups in total. The molecule has 0 amide bonds. The highest BCUT2D eigenvalue weighted by atomic mass is 79.9. The summed E-state index contributed by atoms with van der Waals surface area (Å²) >= 11 is 9.28. The molecule has 0 aliphatic carbocycles. The van der Waals surface area contributed by atoms with Gasteiger partial charge in [0.15, 0.2) is 5.65 Å². The van der Waals surface area contributed by atoms with Crippen molar-refractivity contribution in [3.63, 3.8) is 0 Å². The molecule has 0 saturated heterocycles. The van der Waals surface area contributed by atoms with Crippen molar-refractivity contribution in [1.82, 2.24) is 14.5 Å². The molecule has 1 aromatic carbocycles. The molecule has 0 unspecified atom stereocenters. The van der Waals surface area contributed by atoms with Gasteiger partial charge in [-0.2, -0.15) is 0 Å². The van der Waals surface area contributed by atoms with Crippen molar-refractivity contribution < 1.29 is 4.39 Å². The van der Waals surface area contributed by atoms with Gasteiger partial charge < -0.3 is 0 Å². The Balaban J connectivity index is 2.30. The van der Waals surface area contributed by atoms with Crippen LogP contribution in [-0.2, 0) is 6.42 Å². The van der Waals surface area contributed by atoms with Crippen LogP contribution in [-0.4, -0.2) is 20.4 Å². The monoisotopic (exact) mass is 367 g/mol. The summed E-state index contributed by atoms with van der Waals surface area (Å²) in [5, 5.41) is 0. The number of fused-ring (bicyclic) bond motifs is 1. The van der Waals surface area contributed by atoms with E-state index in [1.54, 1.807) is 12.3 Å². The molecule has 0 atom stereocenters. The number of hydrogen-bond donors (Lipinski definition) is 0. The molecule has 3 rings (SSSR count). The largest absolute Gasteiger partial charge is 0.280 e. The molecule has 3 aromatic rings. The number of aryl methyl sites for hydroxylation is 2. The Kier molecular flexibility index (Phi) is 3.95. The van der Waals surface area contributed by atoms with Gasteiger partial charge in [-0.1, -0.05) is 0 Å². The summed E-state index contributed by atoms with van der Waals surface area (Å²) in [6.45, 7) is 1.97. The van der Waals surface area contributed by atoms with Crippen molar-refractivity contribution >= 4 is 38.7 Å². The smallest absolute Gasteiger partial charge is 0.164 e. The van der Waals surface area contributed by atoms with Crippen molar-refractivity contribution in [2.24, 2.45) is 0 Å². The minimum Gasteiger partial charge on any atom is -0.280 e. The highest BCUT2D eigenvalue weighted by Crippen LogP contribution is 2.27. The minimum absolute atomic E-state index is 0.294. The Labute approximate surface area is 134 Å². The molecule has 0 bridgehead atoms. The van der Waals surface area contributed by atoms with E-state index in [1.165, 1.54) is 12.1 Å². The van der Waals surface area contributed by atoms with E-state index in [9.17, 15) is 4.39 Å². The van der Waals surface area contributed by atoms with Gasteiger partial charge in [-0.15, -0.1) is 11.6 Å².